The second-order valence-electron chi connectivity index (χ2n) is 6.80. The summed E-state index contributed by atoms with van der Waals surface area (Å²) in [6, 6.07) is 9.44. The van der Waals surface area contributed by atoms with E-state index in [1.165, 1.54) is 0 Å². The molecule has 3 aromatic rings. The summed E-state index contributed by atoms with van der Waals surface area (Å²) in [5.74, 6) is 0.0396. The fraction of sp³-hybridized carbons (Fsp3) is 0.389. The number of pyridine rings is 1. The zero-order valence-electron chi connectivity index (χ0n) is 13.9. The van der Waals surface area contributed by atoms with Gasteiger partial charge in [-0.05, 0) is 37.3 Å². The number of aliphatic hydroxyl groups excluding tert-OH is 2. The van der Waals surface area contributed by atoms with Crippen LogP contribution in [-0.4, -0.2) is 42.9 Å². The summed E-state index contributed by atoms with van der Waals surface area (Å²) in [4.78, 5) is 15.2. The summed E-state index contributed by atoms with van der Waals surface area (Å²) < 4.78 is 1.63. The summed E-state index contributed by atoms with van der Waals surface area (Å²) in [6.45, 7) is 2.04. The summed E-state index contributed by atoms with van der Waals surface area (Å²) in [7, 11) is 0. The Morgan fingerprint density at radius 2 is 2.04 bits per heavy atom. The van der Waals surface area contributed by atoms with Gasteiger partial charge in [-0.2, -0.15) is 0 Å². The van der Waals surface area contributed by atoms with Crippen LogP contribution in [0.15, 0.2) is 35.1 Å². The smallest absolute Gasteiger partial charge is 0.278 e. The maximum absolute atomic E-state index is 12.4. The number of hydrogen-bond donors (Lipinski definition) is 3. The number of benzene rings is 1. The number of aryl methyl sites for hydroxylation is 1. The zero-order chi connectivity index (χ0) is 17.6. The van der Waals surface area contributed by atoms with Crippen LogP contribution in [0.1, 0.15) is 24.4 Å². The molecular formula is C18H20N4O3. The zero-order valence-corrected chi connectivity index (χ0v) is 13.9. The lowest BCUT2D eigenvalue weighted by Gasteiger charge is -2.15. The molecule has 0 amide bonds. The van der Waals surface area contributed by atoms with Crippen LogP contribution in [-0.2, 0) is 0 Å². The van der Waals surface area contributed by atoms with Crippen molar-refractivity contribution in [2.24, 2.45) is 5.92 Å². The first kappa shape index (κ1) is 16.0. The Balaban J connectivity index is 1.82. The van der Waals surface area contributed by atoms with E-state index in [0.29, 0.717) is 24.1 Å². The van der Waals surface area contributed by atoms with Gasteiger partial charge in [-0.1, -0.05) is 35.0 Å². The van der Waals surface area contributed by atoms with Gasteiger partial charge in [0, 0.05) is 6.61 Å². The molecule has 1 aliphatic carbocycles. The lowest BCUT2D eigenvalue weighted by molar-refractivity contribution is 0.127. The van der Waals surface area contributed by atoms with Crippen molar-refractivity contribution in [3.8, 4) is 11.3 Å². The van der Waals surface area contributed by atoms with E-state index < -0.39 is 6.10 Å². The Morgan fingerprint density at radius 3 is 2.72 bits per heavy atom. The van der Waals surface area contributed by atoms with Crippen LogP contribution in [0.2, 0.25) is 0 Å². The van der Waals surface area contributed by atoms with Crippen LogP contribution < -0.4 is 5.56 Å². The van der Waals surface area contributed by atoms with Gasteiger partial charge in [-0.15, -0.1) is 5.10 Å². The number of fused-ring (bicyclic) bond motifs is 1. The minimum absolute atomic E-state index is 0.0371. The summed E-state index contributed by atoms with van der Waals surface area (Å²) in [6.07, 6.45) is 0.531. The number of nitrogens with one attached hydrogen (secondary N) is 1. The second kappa shape index (κ2) is 6.09. The molecule has 7 heteroatoms. The second-order valence-corrected chi connectivity index (χ2v) is 6.80. The molecule has 0 radical (unpaired) electrons. The lowest BCUT2D eigenvalue weighted by atomic mass is 10.1. The van der Waals surface area contributed by atoms with Crippen molar-refractivity contribution in [1.29, 1.82) is 0 Å². The molecule has 1 aromatic carbocycles. The number of aromatic nitrogens is 4. The number of H-pyrrole nitrogens is 1. The molecule has 1 aliphatic rings. The molecule has 0 spiro atoms. The minimum atomic E-state index is -0.607. The van der Waals surface area contributed by atoms with Gasteiger partial charge >= 0.3 is 0 Å². The van der Waals surface area contributed by atoms with Crippen LogP contribution in [0.25, 0.3) is 22.3 Å². The van der Waals surface area contributed by atoms with Crippen molar-refractivity contribution in [1.82, 2.24) is 20.0 Å². The quantitative estimate of drug-likeness (QED) is 0.668. The van der Waals surface area contributed by atoms with E-state index in [2.05, 4.69) is 15.3 Å². The van der Waals surface area contributed by atoms with E-state index in [9.17, 15) is 15.0 Å². The Morgan fingerprint density at radius 1 is 1.28 bits per heavy atom. The van der Waals surface area contributed by atoms with Crippen LogP contribution in [0, 0.1) is 12.8 Å². The number of aromatic amines is 1. The molecule has 1 fully saturated rings. The van der Waals surface area contributed by atoms with Crippen LogP contribution in [0.4, 0.5) is 0 Å². The summed E-state index contributed by atoms with van der Waals surface area (Å²) in [5.41, 5.74) is 3.29. The highest BCUT2D eigenvalue weighted by atomic mass is 16.3. The summed E-state index contributed by atoms with van der Waals surface area (Å²) in [5, 5.41) is 27.8. The van der Waals surface area contributed by atoms with Gasteiger partial charge in [-0.3, -0.25) is 4.79 Å². The van der Waals surface area contributed by atoms with Crippen LogP contribution in [0.3, 0.4) is 0 Å². The average Bonchev–Trinajstić information content (AvgIpc) is 3.18. The van der Waals surface area contributed by atoms with E-state index in [-0.39, 0.29) is 29.6 Å². The molecular weight excluding hydrogens is 320 g/mol. The van der Waals surface area contributed by atoms with Gasteiger partial charge in [0.15, 0.2) is 5.52 Å². The number of aliphatic hydroxyl groups is 2. The van der Waals surface area contributed by atoms with E-state index in [4.69, 9.17) is 0 Å². The first-order chi connectivity index (χ1) is 12.1. The monoisotopic (exact) mass is 340 g/mol. The predicted octanol–water partition coefficient (Wildman–Crippen LogP) is 1.40. The van der Waals surface area contributed by atoms with E-state index in [0.717, 1.165) is 11.1 Å². The largest absolute Gasteiger partial charge is 0.396 e. The third kappa shape index (κ3) is 2.75. The van der Waals surface area contributed by atoms with Gasteiger partial charge in [0.2, 0.25) is 0 Å². The fourth-order valence-corrected chi connectivity index (χ4v) is 3.59. The molecule has 3 N–H and O–H groups in total. The first-order valence-corrected chi connectivity index (χ1v) is 8.41. The first-order valence-electron chi connectivity index (χ1n) is 8.41. The van der Waals surface area contributed by atoms with Crippen molar-refractivity contribution in [3.63, 3.8) is 0 Å². The number of hydrogen-bond acceptors (Lipinski definition) is 5. The maximum atomic E-state index is 12.4. The normalized spacial score (nSPS) is 23.4. The molecule has 4 rings (SSSR count). The maximum Gasteiger partial charge on any atom is 0.278 e. The van der Waals surface area contributed by atoms with Crippen molar-refractivity contribution >= 4 is 11.0 Å². The third-order valence-electron chi connectivity index (χ3n) is 5.00. The fourth-order valence-electron chi connectivity index (χ4n) is 3.59. The molecule has 0 bridgehead atoms. The Labute approximate surface area is 143 Å². The molecule has 0 unspecified atom stereocenters. The third-order valence-corrected chi connectivity index (χ3v) is 5.00. The van der Waals surface area contributed by atoms with Crippen molar-refractivity contribution in [2.45, 2.75) is 31.9 Å². The molecule has 130 valence electrons. The molecule has 25 heavy (non-hydrogen) atoms. The van der Waals surface area contributed by atoms with Crippen molar-refractivity contribution < 1.29 is 10.2 Å². The van der Waals surface area contributed by atoms with Crippen molar-refractivity contribution in [3.05, 3.63) is 46.2 Å². The van der Waals surface area contributed by atoms with Gasteiger partial charge < -0.3 is 15.2 Å². The van der Waals surface area contributed by atoms with Gasteiger partial charge in [0.1, 0.15) is 0 Å². The van der Waals surface area contributed by atoms with Gasteiger partial charge in [0.05, 0.1) is 23.4 Å². The number of nitrogens with zero attached hydrogens (tertiary/aromatic N) is 3. The highest BCUT2D eigenvalue weighted by molar-refractivity contribution is 5.78. The molecule has 0 saturated heterocycles. The standard InChI is InChI=1S/C18H20N4O3/c1-10-2-4-12(5-3-10)13-8-15-17(18(25)19-13)20-21-22(15)14-6-11(9-23)7-16(14)24/h2-5,8,11,14,16,23-24H,6-7,9H2,1H3,(H,19,25)/t11-,14+,16+/m0/s1. The molecule has 3 atom stereocenters. The minimum Gasteiger partial charge on any atom is -0.396 e. The molecule has 1 saturated carbocycles. The van der Waals surface area contributed by atoms with E-state index >= 15 is 0 Å². The van der Waals surface area contributed by atoms with Crippen molar-refractivity contribution in [2.75, 3.05) is 6.61 Å². The molecule has 7 nitrogen and oxygen atoms in total. The highest BCUT2D eigenvalue weighted by Gasteiger charge is 2.35. The SMILES string of the molecule is Cc1ccc(-c2cc3c(nnn3[C@@H]3C[C@H](CO)C[C@H]3O)c(=O)[nH]2)cc1. The Kier molecular flexibility index (Phi) is 3.89. The van der Waals surface area contributed by atoms with Gasteiger partial charge in [-0.25, -0.2) is 4.68 Å². The Bertz CT molecular complexity index is 961. The van der Waals surface area contributed by atoms with E-state index in [1.807, 2.05) is 37.3 Å². The van der Waals surface area contributed by atoms with Gasteiger partial charge in [0.25, 0.3) is 5.56 Å². The van der Waals surface area contributed by atoms with E-state index in [1.54, 1.807) is 4.68 Å². The Hall–Kier alpha value is -2.51. The molecule has 2 aromatic heterocycles. The molecule has 0 aliphatic heterocycles. The molecule has 2 heterocycles. The number of rotatable bonds is 3. The highest BCUT2D eigenvalue weighted by Crippen LogP contribution is 2.35. The summed E-state index contributed by atoms with van der Waals surface area (Å²) >= 11 is 0. The van der Waals surface area contributed by atoms with Crippen LogP contribution >= 0.6 is 0 Å². The average molecular weight is 340 g/mol. The topological polar surface area (TPSA) is 104 Å². The predicted molar refractivity (Wildman–Crippen MR) is 93.2 cm³/mol. The lowest BCUT2D eigenvalue weighted by Crippen LogP contribution is -2.19. The van der Waals surface area contributed by atoms with Crippen LogP contribution in [0.5, 0.6) is 0 Å².